The Morgan fingerprint density at radius 2 is 2.27 bits per heavy atom. The second-order valence-corrected chi connectivity index (χ2v) is 2.45. The summed E-state index contributed by atoms with van der Waals surface area (Å²) < 4.78 is 0. The normalized spacial score (nSPS) is 16.5. The van der Waals surface area contributed by atoms with Crippen molar-refractivity contribution in [2.45, 2.75) is 13.3 Å². The molecule has 0 saturated carbocycles. The molecule has 0 amide bonds. The fourth-order valence-electron chi connectivity index (χ4n) is 0.941. The van der Waals surface area contributed by atoms with Crippen LogP contribution in [0.2, 0.25) is 0 Å². The van der Waals surface area contributed by atoms with E-state index in [1.165, 1.54) is 5.57 Å². The zero-order valence-electron chi connectivity index (χ0n) is 6.67. The van der Waals surface area contributed by atoms with Crippen LogP contribution in [0.15, 0.2) is 35.7 Å². The predicted octanol–water partition coefficient (Wildman–Crippen LogP) is 1.32. The number of aliphatic hydroxyl groups excluding tert-OH is 1. The van der Waals surface area contributed by atoms with Gasteiger partial charge in [0, 0.05) is 12.4 Å². The molecule has 2 N–H and O–H groups in total. The molecule has 0 bridgehead atoms. The molecule has 2 heteroatoms. The van der Waals surface area contributed by atoms with Gasteiger partial charge in [-0.2, -0.15) is 0 Å². The van der Waals surface area contributed by atoms with Crippen LogP contribution in [0, 0.1) is 0 Å². The van der Waals surface area contributed by atoms with Crippen molar-refractivity contribution in [2.24, 2.45) is 0 Å². The van der Waals surface area contributed by atoms with Crippen LogP contribution in [0.25, 0.3) is 0 Å². The molecule has 11 heavy (non-hydrogen) atoms. The highest BCUT2D eigenvalue weighted by molar-refractivity contribution is 5.32. The highest BCUT2D eigenvalue weighted by Crippen LogP contribution is 2.08. The summed E-state index contributed by atoms with van der Waals surface area (Å²) in [6.45, 7) is 2.19. The predicted molar refractivity (Wildman–Crippen MR) is 45.8 cm³/mol. The van der Waals surface area contributed by atoms with Gasteiger partial charge < -0.3 is 10.4 Å². The number of rotatable bonds is 2. The van der Waals surface area contributed by atoms with Crippen molar-refractivity contribution in [3.05, 3.63) is 35.7 Å². The second-order valence-electron chi connectivity index (χ2n) is 2.45. The van der Waals surface area contributed by atoms with Crippen LogP contribution in [-0.2, 0) is 0 Å². The largest absolute Gasteiger partial charge is 0.392 e. The number of hydrogen-bond acceptors (Lipinski definition) is 2. The molecule has 1 heterocycles. The lowest BCUT2D eigenvalue weighted by molar-refractivity contribution is 0.335. The summed E-state index contributed by atoms with van der Waals surface area (Å²) >= 11 is 0. The maximum Gasteiger partial charge on any atom is 0.0682 e. The third kappa shape index (κ3) is 2.24. The Balaban J connectivity index is 2.77. The van der Waals surface area contributed by atoms with Gasteiger partial charge in [-0.05, 0) is 23.6 Å². The standard InChI is InChI=1S/C9H13NO/c1-2-8-5-9(7-11)3-4-10-6-8/h3-6,10-11H,2,7H2,1H3. The van der Waals surface area contributed by atoms with Gasteiger partial charge in [-0.25, -0.2) is 0 Å². The Hall–Kier alpha value is -1.02. The number of nitrogens with one attached hydrogen (secondary N) is 1. The van der Waals surface area contributed by atoms with Crippen LogP contribution >= 0.6 is 0 Å². The van der Waals surface area contributed by atoms with Gasteiger partial charge in [-0.15, -0.1) is 0 Å². The van der Waals surface area contributed by atoms with Crippen LogP contribution in [0.5, 0.6) is 0 Å². The molecule has 0 radical (unpaired) electrons. The first-order chi connectivity index (χ1) is 5.36. The molecule has 0 unspecified atom stereocenters. The zero-order chi connectivity index (χ0) is 8.10. The van der Waals surface area contributed by atoms with Gasteiger partial charge in [-0.1, -0.05) is 13.0 Å². The van der Waals surface area contributed by atoms with E-state index in [9.17, 15) is 0 Å². The third-order valence-corrected chi connectivity index (χ3v) is 1.62. The van der Waals surface area contributed by atoms with E-state index in [1.54, 1.807) is 0 Å². The third-order valence-electron chi connectivity index (χ3n) is 1.62. The molecule has 0 saturated heterocycles. The Morgan fingerprint density at radius 3 is 2.91 bits per heavy atom. The van der Waals surface area contributed by atoms with E-state index < -0.39 is 0 Å². The quantitative estimate of drug-likeness (QED) is 0.623. The summed E-state index contributed by atoms with van der Waals surface area (Å²) in [6.07, 6.45) is 8.62. The Labute approximate surface area is 66.9 Å². The summed E-state index contributed by atoms with van der Waals surface area (Å²) in [5.74, 6) is 0. The molecule has 0 aromatic heterocycles. The molecule has 2 nitrogen and oxygen atoms in total. The summed E-state index contributed by atoms with van der Waals surface area (Å²) in [7, 11) is 0. The van der Waals surface area contributed by atoms with E-state index in [1.807, 2.05) is 24.6 Å². The number of aliphatic hydroxyl groups is 1. The van der Waals surface area contributed by atoms with Crippen LogP contribution < -0.4 is 5.32 Å². The van der Waals surface area contributed by atoms with Gasteiger partial charge in [0.25, 0.3) is 0 Å². The molecule has 1 aliphatic heterocycles. The summed E-state index contributed by atoms with van der Waals surface area (Å²) in [4.78, 5) is 0. The van der Waals surface area contributed by atoms with Crippen molar-refractivity contribution >= 4 is 0 Å². The average Bonchev–Trinajstić information content (AvgIpc) is 2.28. The fraction of sp³-hybridized carbons (Fsp3) is 0.333. The van der Waals surface area contributed by atoms with E-state index in [0.29, 0.717) is 0 Å². The minimum absolute atomic E-state index is 0.107. The Bertz CT molecular complexity index is 214. The van der Waals surface area contributed by atoms with Gasteiger partial charge in [-0.3, -0.25) is 0 Å². The molecule has 0 aliphatic carbocycles. The first kappa shape index (κ1) is 8.08. The molecule has 1 rings (SSSR count). The summed E-state index contributed by atoms with van der Waals surface area (Å²) in [6, 6.07) is 0. The lowest BCUT2D eigenvalue weighted by Gasteiger charge is -1.96. The van der Waals surface area contributed by atoms with Crippen LogP contribution in [0.1, 0.15) is 13.3 Å². The van der Waals surface area contributed by atoms with Gasteiger partial charge in [0.2, 0.25) is 0 Å². The molecule has 0 fully saturated rings. The monoisotopic (exact) mass is 151 g/mol. The van der Waals surface area contributed by atoms with Gasteiger partial charge >= 0.3 is 0 Å². The van der Waals surface area contributed by atoms with E-state index >= 15 is 0 Å². The first-order valence-corrected chi connectivity index (χ1v) is 3.80. The Morgan fingerprint density at radius 1 is 1.45 bits per heavy atom. The summed E-state index contributed by atoms with van der Waals surface area (Å²) in [5.41, 5.74) is 2.15. The van der Waals surface area contributed by atoms with Gasteiger partial charge in [0.15, 0.2) is 0 Å². The first-order valence-electron chi connectivity index (χ1n) is 3.80. The topological polar surface area (TPSA) is 32.3 Å². The molecule has 0 aromatic rings. The van der Waals surface area contributed by atoms with Crippen molar-refractivity contribution in [1.82, 2.24) is 5.32 Å². The van der Waals surface area contributed by atoms with E-state index in [-0.39, 0.29) is 6.61 Å². The molecule has 0 spiro atoms. The zero-order valence-corrected chi connectivity index (χ0v) is 6.67. The van der Waals surface area contributed by atoms with Crippen LogP contribution in [-0.4, -0.2) is 11.7 Å². The summed E-state index contributed by atoms with van der Waals surface area (Å²) in [5, 5.41) is 11.9. The lowest BCUT2D eigenvalue weighted by Crippen LogP contribution is -1.91. The molecule has 0 aromatic carbocycles. The Kier molecular flexibility index (Phi) is 2.93. The van der Waals surface area contributed by atoms with Crippen molar-refractivity contribution in [3.63, 3.8) is 0 Å². The van der Waals surface area contributed by atoms with E-state index in [0.717, 1.165) is 12.0 Å². The van der Waals surface area contributed by atoms with Crippen molar-refractivity contribution in [2.75, 3.05) is 6.61 Å². The van der Waals surface area contributed by atoms with Crippen LogP contribution in [0.3, 0.4) is 0 Å². The van der Waals surface area contributed by atoms with Gasteiger partial charge in [0.1, 0.15) is 0 Å². The molecule has 60 valence electrons. The molecular weight excluding hydrogens is 138 g/mol. The molecule has 0 atom stereocenters. The SMILES string of the molecule is CCC1=CNC=CC(CO)=C1. The van der Waals surface area contributed by atoms with Crippen LogP contribution in [0.4, 0.5) is 0 Å². The number of hydrogen-bond donors (Lipinski definition) is 2. The fourth-order valence-corrected chi connectivity index (χ4v) is 0.941. The lowest BCUT2D eigenvalue weighted by atomic mass is 10.1. The number of allylic oxidation sites excluding steroid dienone is 2. The molecule has 1 aliphatic rings. The van der Waals surface area contributed by atoms with Gasteiger partial charge in [0.05, 0.1) is 6.61 Å². The highest BCUT2D eigenvalue weighted by atomic mass is 16.3. The van der Waals surface area contributed by atoms with E-state index in [2.05, 4.69) is 12.2 Å². The van der Waals surface area contributed by atoms with Crippen molar-refractivity contribution in [1.29, 1.82) is 0 Å². The minimum Gasteiger partial charge on any atom is -0.392 e. The maximum absolute atomic E-state index is 8.85. The molecular formula is C9H13NO. The maximum atomic E-state index is 8.85. The minimum atomic E-state index is 0.107. The average molecular weight is 151 g/mol. The van der Waals surface area contributed by atoms with E-state index in [4.69, 9.17) is 5.11 Å². The highest BCUT2D eigenvalue weighted by Gasteiger charge is 1.95. The van der Waals surface area contributed by atoms with Crippen molar-refractivity contribution < 1.29 is 5.11 Å². The smallest absolute Gasteiger partial charge is 0.0682 e. The second kappa shape index (κ2) is 3.98. The van der Waals surface area contributed by atoms with Crippen molar-refractivity contribution in [3.8, 4) is 0 Å².